The summed E-state index contributed by atoms with van der Waals surface area (Å²) in [4.78, 5) is 91.6. The van der Waals surface area contributed by atoms with Gasteiger partial charge in [0.25, 0.3) is 21.6 Å². The number of hydrogen-bond donors (Lipinski definition) is 6. The number of amides is 4. The lowest BCUT2D eigenvalue weighted by Crippen LogP contribution is -2.57. The summed E-state index contributed by atoms with van der Waals surface area (Å²) in [6.07, 6.45) is 11.1. The van der Waals surface area contributed by atoms with Crippen LogP contribution in [-0.4, -0.2) is 179 Å². The third kappa shape index (κ3) is 18.5. The summed E-state index contributed by atoms with van der Waals surface area (Å²) in [6, 6.07) is 26.7. The second kappa shape index (κ2) is 32.6. The van der Waals surface area contributed by atoms with Gasteiger partial charge in [-0.05, 0) is 166 Å². The van der Waals surface area contributed by atoms with Crippen molar-refractivity contribution in [1.82, 2.24) is 49.9 Å². The Bertz CT molecular complexity index is 4380. The number of carbonyl (C=O) groups is 4. The highest BCUT2D eigenvalue weighted by molar-refractivity contribution is 7.90. The van der Waals surface area contributed by atoms with E-state index in [0.717, 1.165) is 148 Å². The van der Waals surface area contributed by atoms with Crippen LogP contribution in [0.4, 0.5) is 17.1 Å². The fraction of sp³-hybridized carbons (Fsp3) is 0.487. The van der Waals surface area contributed by atoms with Gasteiger partial charge in [-0.1, -0.05) is 88.2 Å². The number of ether oxygens (including phenoxy) is 1. The normalized spacial score (nSPS) is 20.6. The van der Waals surface area contributed by atoms with Gasteiger partial charge in [0.05, 0.1) is 49.8 Å². The van der Waals surface area contributed by atoms with Crippen LogP contribution in [0.2, 0.25) is 5.02 Å². The van der Waals surface area contributed by atoms with Gasteiger partial charge in [-0.25, -0.2) is 23.1 Å². The number of aryl methyl sites for hydroxylation is 1. The first-order valence-electron chi connectivity index (χ1n) is 36.5. The molecule has 23 nitrogen and oxygen atoms in total. The third-order valence-electron chi connectivity index (χ3n) is 21.6. The van der Waals surface area contributed by atoms with Gasteiger partial charge < -0.3 is 45.5 Å². The molecule has 0 spiro atoms. The number of aliphatic hydroxyl groups excluding tert-OH is 1. The number of fused-ring (bicyclic) bond motifs is 1. The number of benzene rings is 4. The second-order valence-corrected chi connectivity index (χ2v) is 33.7. The average Bonchev–Trinajstić information content (AvgIpc) is 1.56. The molecule has 6 N–H and O–H groups in total. The number of thiazole rings is 1. The number of nitro benzene ring substituents is 1. The molecule has 7 aromatic rings. The number of pyridine rings is 1. The Morgan fingerprint density at radius 1 is 0.865 bits per heavy atom. The molecule has 3 aliphatic heterocycles. The molecule has 3 aromatic heterocycles. The molecule has 26 heteroatoms. The zero-order valence-corrected chi connectivity index (χ0v) is 63.0. The van der Waals surface area contributed by atoms with Gasteiger partial charge in [-0.2, -0.15) is 0 Å². The van der Waals surface area contributed by atoms with Crippen molar-refractivity contribution in [2.24, 2.45) is 16.7 Å². The molecule has 4 fully saturated rings. The lowest BCUT2D eigenvalue weighted by Gasteiger charge is -2.42. The van der Waals surface area contributed by atoms with Crippen LogP contribution in [0, 0.1) is 33.8 Å². The maximum Gasteiger partial charge on any atom is 0.293 e. The van der Waals surface area contributed by atoms with E-state index in [-0.39, 0.29) is 65.6 Å². The number of aromatic amines is 1. The maximum absolute atomic E-state index is 14.3. The van der Waals surface area contributed by atoms with Gasteiger partial charge >= 0.3 is 0 Å². The van der Waals surface area contributed by atoms with E-state index in [4.69, 9.17) is 16.3 Å². The number of nitro groups is 1. The Kier molecular flexibility index (Phi) is 23.6. The number of piperazine rings is 2. The number of carbonyl (C=O) groups excluding carboxylic acids is 4. The van der Waals surface area contributed by atoms with Crippen LogP contribution in [0.1, 0.15) is 145 Å². The number of likely N-dealkylation sites (tertiary alicyclic amines) is 1. The minimum atomic E-state index is -4.64. The molecule has 2 aliphatic carbocycles. The zero-order chi connectivity index (χ0) is 73.6. The van der Waals surface area contributed by atoms with Crippen LogP contribution in [0.5, 0.6) is 11.5 Å². The van der Waals surface area contributed by atoms with Crippen molar-refractivity contribution >= 4 is 90.3 Å². The molecular formula is C78H98ClN13O10S2. The number of aliphatic hydroxyl groups is 1. The quantitative estimate of drug-likeness (QED) is 0.0176. The Morgan fingerprint density at radius 3 is 2.29 bits per heavy atom. The van der Waals surface area contributed by atoms with E-state index in [0.29, 0.717) is 43.5 Å². The van der Waals surface area contributed by atoms with Crippen molar-refractivity contribution in [3.05, 3.63) is 158 Å². The molecule has 1 saturated carbocycles. The summed E-state index contributed by atoms with van der Waals surface area (Å²) >= 11 is 7.86. The molecule has 104 heavy (non-hydrogen) atoms. The Hall–Kier alpha value is -8.30. The number of halogens is 1. The van der Waals surface area contributed by atoms with Crippen molar-refractivity contribution in [2.45, 2.75) is 154 Å². The lowest BCUT2D eigenvalue weighted by molar-refractivity contribution is -0.384. The van der Waals surface area contributed by atoms with E-state index in [1.165, 1.54) is 39.9 Å². The Morgan fingerprint density at radius 2 is 1.59 bits per heavy atom. The largest absolute Gasteiger partial charge is 0.455 e. The number of nitrogens with zero attached hydrogens (tertiary/aromatic N) is 8. The van der Waals surface area contributed by atoms with Gasteiger partial charge in [0.15, 0.2) is 0 Å². The van der Waals surface area contributed by atoms with Crippen molar-refractivity contribution < 1.29 is 42.4 Å². The van der Waals surface area contributed by atoms with Crippen LogP contribution < -0.4 is 30.3 Å². The number of H-pyrrole nitrogens is 1. The van der Waals surface area contributed by atoms with Crippen LogP contribution in [0.3, 0.4) is 0 Å². The molecule has 4 amide bonds. The Labute approximate surface area is 618 Å². The fourth-order valence-electron chi connectivity index (χ4n) is 15.4. The van der Waals surface area contributed by atoms with E-state index >= 15 is 0 Å². The molecule has 12 rings (SSSR count). The molecule has 4 aromatic carbocycles. The van der Waals surface area contributed by atoms with Gasteiger partial charge in [0, 0.05) is 125 Å². The predicted molar refractivity (Wildman–Crippen MR) is 407 cm³/mol. The van der Waals surface area contributed by atoms with E-state index in [1.54, 1.807) is 41.8 Å². The number of anilines is 2. The highest BCUT2D eigenvalue weighted by atomic mass is 35.5. The van der Waals surface area contributed by atoms with E-state index in [2.05, 4.69) is 81.2 Å². The molecule has 6 heterocycles. The molecule has 5 aliphatic rings. The lowest BCUT2D eigenvalue weighted by atomic mass is 9.72. The molecule has 0 radical (unpaired) electrons. The second-order valence-electron chi connectivity index (χ2n) is 30.7. The SMILES string of the molecule is Cc1ncsc1-c1ccc([C@H](C)NC(=O)[C@@H]2C[C@@H](O)CN2C(=O)[C@@H](NC(=O)CCCCN2CCN(C3CCC(CNc4ccc(S(=O)(=O)NC(=O)c5ccc(N6CCN(CC7=C(c8ccc(Cl)cc8)CC(C)(C)CC7)CC6)cc5Oc5cnc6[nH]ccc6c5)cc4[N+](=O)[O-])CC3)CC2)C(C)(C)C)cc1. The van der Waals surface area contributed by atoms with Crippen molar-refractivity contribution in [2.75, 3.05) is 88.8 Å². The zero-order valence-electron chi connectivity index (χ0n) is 60.6. The third-order valence-corrected chi connectivity index (χ3v) is 24.1. The smallest absolute Gasteiger partial charge is 0.293 e. The molecule has 0 unspecified atom stereocenters. The van der Waals surface area contributed by atoms with E-state index < -0.39 is 60.9 Å². The highest BCUT2D eigenvalue weighted by Crippen LogP contribution is 2.44. The minimum Gasteiger partial charge on any atom is -0.455 e. The maximum atomic E-state index is 14.3. The fourth-order valence-corrected chi connectivity index (χ4v) is 17.3. The van der Waals surface area contributed by atoms with Gasteiger partial charge in [0.1, 0.15) is 34.9 Å². The first-order chi connectivity index (χ1) is 49.7. The summed E-state index contributed by atoms with van der Waals surface area (Å²) < 4.78 is 36.8. The summed E-state index contributed by atoms with van der Waals surface area (Å²) in [5, 5.41) is 34.2. The molecule has 554 valence electrons. The minimum absolute atomic E-state index is 0.00325. The number of sulfonamides is 1. The number of nitrogens with one attached hydrogen (secondary N) is 5. The number of allylic oxidation sites excluding steroid dienone is 1. The van der Waals surface area contributed by atoms with Gasteiger partial charge in [-0.15, -0.1) is 11.3 Å². The predicted octanol–water partition coefficient (Wildman–Crippen LogP) is 12.4. The first-order valence-corrected chi connectivity index (χ1v) is 39.3. The monoisotopic (exact) mass is 1480 g/mol. The standard InChI is InChI=1S/C78H98ClN13O10S2/c1-50(53-13-15-55(16-14-53)71-51(2)83-49-103-71)84-75(96)68-42-61(93)48-91(68)76(97)72(77(3,4)5)85-70(94)10-8-9-31-87-32-36-89(37-33-87)59-21-11-52(12-22-59)45-81-66-26-24-63(43-67(66)92(98)99)104(100,101)86-74(95)64-25-23-60(41-69(64)102-62-40-56-28-30-80-73(56)82-46-62)90-38-34-88(35-39-90)47-57-27-29-78(6,7)44-65(57)54-17-19-58(79)20-18-54/h13-20,23-26,28,30,40-41,43,46,49-50,52,59,61,68,72,81,93H,8-12,21-22,27,29,31-39,42,44-45,47-48H2,1-7H3,(H,80,82)(H,84,96)(H,85,94)(H,86,95)/t50-,52?,59?,61+,68-,72+/m0/s1. The van der Waals surface area contributed by atoms with Gasteiger partial charge in [0.2, 0.25) is 17.7 Å². The van der Waals surface area contributed by atoms with Gasteiger partial charge in [-0.3, -0.25) is 39.1 Å². The summed E-state index contributed by atoms with van der Waals surface area (Å²) in [5.74, 6) is -1.26. The Balaban J connectivity index is 0.586. The highest BCUT2D eigenvalue weighted by Gasteiger charge is 2.45. The summed E-state index contributed by atoms with van der Waals surface area (Å²) in [7, 11) is -4.64. The molecule has 3 saturated heterocycles. The number of unbranched alkanes of at least 4 members (excludes halogenated alkanes) is 1. The van der Waals surface area contributed by atoms with E-state index in [9.17, 15) is 42.8 Å². The van der Waals surface area contributed by atoms with Crippen molar-refractivity contribution in [3.63, 3.8) is 0 Å². The molecule has 4 atom stereocenters. The summed E-state index contributed by atoms with van der Waals surface area (Å²) in [5.41, 5.74) is 9.47. The molecule has 0 bridgehead atoms. The van der Waals surface area contributed by atoms with Crippen molar-refractivity contribution in [1.29, 1.82) is 0 Å². The van der Waals surface area contributed by atoms with Crippen LogP contribution in [0.15, 0.2) is 125 Å². The van der Waals surface area contributed by atoms with E-state index in [1.807, 2.05) is 82.6 Å². The number of rotatable bonds is 25. The number of aromatic nitrogens is 3. The average molecular weight is 1480 g/mol. The molecular weight excluding hydrogens is 1380 g/mol. The number of hydrogen-bond acceptors (Lipinski definition) is 18. The topological polar surface area (TPSA) is 281 Å². The first kappa shape index (κ1) is 75.4. The van der Waals surface area contributed by atoms with Crippen LogP contribution in [-0.2, 0) is 24.4 Å². The number of β-amino-alcohol motifs (C(OH)–C–C–N with tert-alkyl or cyclic N) is 1. The van der Waals surface area contributed by atoms with Crippen LogP contribution >= 0.6 is 22.9 Å². The van der Waals surface area contributed by atoms with Crippen LogP contribution in [0.25, 0.3) is 27.0 Å². The van der Waals surface area contributed by atoms with Crippen molar-refractivity contribution in [3.8, 4) is 21.9 Å². The summed E-state index contributed by atoms with van der Waals surface area (Å²) in [6.45, 7) is 23.0.